The van der Waals surface area contributed by atoms with E-state index < -0.39 is 0 Å². The van der Waals surface area contributed by atoms with Gasteiger partial charge < -0.3 is 9.73 Å². The van der Waals surface area contributed by atoms with Gasteiger partial charge in [0.1, 0.15) is 17.3 Å². The lowest BCUT2D eigenvalue weighted by molar-refractivity contribution is 0.412. The number of halogens is 1. The molecular weight excluding hydrogens is 300 g/mol. The molecule has 0 aliphatic carbocycles. The predicted molar refractivity (Wildman–Crippen MR) is 86.2 cm³/mol. The van der Waals surface area contributed by atoms with Crippen LogP contribution in [0.4, 0.5) is 5.82 Å². The summed E-state index contributed by atoms with van der Waals surface area (Å²) in [5.41, 5.74) is 2.00. The van der Waals surface area contributed by atoms with Gasteiger partial charge in [-0.25, -0.2) is 9.67 Å². The second-order valence-electron chi connectivity index (χ2n) is 5.23. The maximum Gasteiger partial charge on any atom is 0.180 e. The molecule has 0 aromatic carbocycles. The van der Waals surface area contributed by atoms with Crippen LogP contribution in [-0.4, -0.2) is 14.8 Å². The minimum Gasteiger partial charge on any atom is -0.462 e. The molecule has 1 atom stereocenters. The molecule has 0 amide bonds. The van der Waals surface area contributed by atoms with E-state index in [0.717, 1.165) is 22.9 Å². The number of aromatic nitrogens is 3. The van der Waals surface area contributed by atoms with E-state index in [-0.39, 0.29) is 6.17 Å². The van der Waals surface area contributed by atoms with E-state index in [0.29, 0.717) is 10.8 Å². The van der Waals surface area contributed by atoms with Crippen molar-refractivity contribution < 1.29 is 4.42 Å². The largest absolute Gasteiger partial charge is 0.462 e. The number of pyridine rings is 1. The van der Waals surface area contributed by atoms with Crippen LogP contribution < -0.4 is 5.32 Å². The third kappa shape index (κ3) is 2.99. The third-order valence-corrected chi connectivity index (χ3v) is 3.56. The van der Waals surface area contributed by atoms with Crippen LogP contribution in [0.2, 0.25) is 5.02 Å². The molecule has 5 nitrogen and oxygen atoms in total. The van der Waals surface area contributed by atoms with Gasteiger partial charge in [0.05, 0.1) is 10.7 Å². The molecule has 3 rings (SSSR count). The van der Waals surface area contributed by atoms with Crippen LogP contribution in [0.5, 0.6) is 0 Å². The Morgan fingerprint density at radius 3 is 2.55 bits per heavy atom. The van der Waals surface area contributed by atoms with Gasteiger partial charge in [-0.3, -0.25) is 0 Å². The van der Waals surface area contributed by atoms with Gasteiger partial charge in [0.2, 0.25) is 0 Å². The zero-order chi connectivity index (χ0) is 15.7. The molecule has 0 saturated carbocycles. The van der Waals surface area contributed by atoms with Gasteiger partial charge in [-0.1, -0.05) is 11.6 Å². The molecule has 0 fully saturated rings. The van der Waals surface area contributed by atoms with Crippen molar-refractivity contribution in [2.24, 2.45) is 0 Å². The summed E-state index contributed by atoms with van der Waals surface area (Å²) in [4.78, 5) is 4.29. The van der Waals surface area contributed by atoms with E-state index in [9.17, 15) is 0 Å². The highest BCUT2D eigenvalue weighted by atomic mass is 35.5. The third-order valence-electron chi connectivity index (χ3n) is 3.33. The fourth-order valence-corrected chi connectivity index (χ4v) is 2.47. The molecule has 6 heteroatoms. The SMILES string of the molecule is Cc1cc(C)n([C@@H](Nc2ccc(Cl)cn2)c2ccc(C)o2)n1. The summed E-state index contributed by atoms with van der Waals surface area (Å²) in [6.07, 6.45) is 1.34. The molecule has 3 aromatic rings. The quantitative estimate of drug-likeness (QED) is 0.787. The highest BCUT2D eigenvalue weighted by Gasteiger charge is 2.20. The van der Waals surface area contributed by atoms with Crippen LogP contribution >= 0.6 is 11.6 Å². The first kappa shape index (κ1) is 14.7. The van der Waals surface area contributed by atoms with E-state index in [2.05, 4.69) is 15.4 Å². The molecule has 3 aromatic heterocycles. The number of aryl methyl sites for hydroxylation is 3. The fourth-order valence-electron chi connectivity index (χ4n) is 2.36. The average molecular weight is 317 g/mol. The summed E-state index contributed by atoms with van der Waals surface area (Å²) in [6.45, 7) is 5.90. The topological polar surface area (TPSA) is 55.9 Å². The summed E-state index contributed by atoms with van der Waals surface area (Å²) in [5, 5.41) is 8.49. The number of nitrogens with zero attached hydrogens (tertiary/aromatic N) is 3. The summed E-state index contributed by atoms with van der Waals surface area (Å²) >= 11 is 5.89. The number of anilines is 1. The lowest BCUT2D eigenvalue weighted by Crippen LogP contribution is -2.22. The van der Waals surface area contributed by atoms with Crippen molar-refractivity contribution in [2.45, 2.75) is 26.9 Å². The standard InChI is InChI=1S/C16H17ClN4O/c1-10-8-11(2)21(20-10)16(14-6-4-12(3)22-14)19-15-7-5-13(17)9-18-15/h4-9,16H,1-3H3,(H,18,19)/t16-/m1/s1. The molecule has 22 heavy (non-hydrogen) atoms. The fraction of sp³-hybridized carbons (Fsp3) is 0.250. The van der Waals surface area contributed by atoms with Crippen LogP contribution in [0.1, 0.15) is 29.1 Å². The Hall–Kier alpha value is -2.27. The zero-order valence-corrected chi connectivity index (χ0v) is 13.4. The predicted octanol–water partition coefficient (Wildman–Crippen LogP) is 4.11. The zero-order valence-electron chi connectivity index (χ0n) is 12.7. The maximum atomic E-state index is 5.89. The lowest BCUT2D eigenvalue weighted by atomic mass is 10.3. The Balaban J connectivity index is 1.99. The van der Waals surface area contributed by atoms with Gasteiger partial charge in [0, 0.05) is 11.9 Å². The normalized spacial score (nSPS) is 12.4. The highest BCUT2D eigenvalue weighted by Crippen LogP contribution is 2.24. The summed E-state index contributed by atoms with van der Waals surface area (Å²) in [7, 11) is 0. The van der Waals surface area contributed by atoms with Gasteiger partial charge >= 0.3 is 0 Å². The average Bonchev–Trinajstić information content (AvgIpc) is 3.04. The molecule has 114 valence electrons. The van der Waals surface area contributed by atoms with E-state index >= 15 is 0 Å². The van der Waals surface area contributed by atoms with Crippen LogP contribution in [0.15, 0.2) is 40.9 Å². The Morgan fingerprint density at radius 1 is 1.18 bits per heavy atom. The van der Waals surface area contributed by atoms with Crippen molar-refractivity contribution in [3.05, 3.63) is 64.5 Å². The van der Waals surface area contributed by atoms with E-state index in [4.69, 9.17) is 16.0 Å². The second kappa shape index (κ2) is 5.85. The molecule has 0 aliphatic heterocycles. The van der Waals surface area contributed by atoms with Crippen LogP contribution in [-0.2, 0) is 0 Å². The van der Waals surface area contributed by atoms with Crippen molar-refractivity contribution in [1.29, 1.82) is 0 Å². The van der Waals surface area contributed by atoms with Gasteiger partial charge in [-0.05, 0) is 51.1 Å². The molecule has 1 N–H and O–H groups in total. The van der Waals surface area contributed by atoms with E-state index in [1.807, 2.05) is 49.7 Å². The number of hydrogen-bond acceptors (Lipinski definition) is 4. The number of hydrogen-bond donors (Lipinski definition) is 1. The van der Waals surface area contributed by atoms with Crippen molar-refractivity contribution in [2.75, 3.05) is 5.32 Å². The molecule has 0 spiro atoms. The smallest absolute Gasteiger partial charge is 0.180 e. The minimum atomic E-state index is -0.268. The summed E-state index contributed by atoms with van der Waals surface area (Å²) in [5.74, 6) is 2.34. The molecule has 0 unspecified atom stereocenters. The summed E-state index contributed by atoms with van der Waals surface area (Å²) in [6, 6.07) is 9.53. The Kier molecular flexibility index (Phi) is 3.90. The number of nitrogens with one attached hydrogen (secondary N) is 1. The molecule has 0 radical (unpaired) electrons. The first-order valence-corrected chi connectivity index (χ1v) is 7.38. The lowest BCUT2D eigenvalue weighted by Gasteiger charge is -2.19. The number of rotatable bonds is 4. The van der Waals surface area contributed by atoms with Gasteiger partial charge in [0.25, 0.3) is 0 Å². The minimum absolute atomic E-state index is 0.268. The molecular formula is C16H17ClN4O. The maximum absolute atomic E-state index is 5.89. The van der Waals surface area contributed by atoms with Crippen molar-refractivity contribution in [3.8, 4) is 0 Å². The first-order valence-electron chi connectivity index (χ1n) is 7.00. The van der Waals surface area contributed by atoms with Crippen molar-refractivity contribution in [3.63, 3.8) is 0 Å². The molecule has 3 heterocycles. The van der Waals surface area contributed by atoms with Crippen LogP contribution in [0.25, 0.3) is 0 Å². The Morgan fingerprint density at radius 2 is 2.00 bits per heavy atom. The van der Waals surface area contributed by atoms with Crippen LogP contribution in [0, 0.1) is 20.8 Å². The van der Waals surface area contributed by atoms with Crippen molar-refractivity contribution in [1.82, 2.24) is 14.8 Å². The molecule has 0 saturated heterocycles. The highest BCUT2D eigenvalue weighted by molar-refractivity contribution is 6.30. The monoisotopic (exact) mass is 316 g/mol. The van der Waals surface area contributed by atoms with E-state index in [1.54, 1.807) is 12.3 Å². The summed E-state index contributed by atoms with van der Waals surface area (Å²) < 4.78 is 7.68. The van der Waals surface area contributed by atoms with E-state index in [1.165, 1.54) is 0 Å². The Bertz CT molecular complexity index is 776. The van der Waals surface area contributed by atoms with Crippen molar-refractivity contribution >= 4 is 17.4 Å². The Labute approximate surface area is 133 Å². The number of furan rings is 1. The van der Waals surface area contributed by atoms with Gasteiger partial charge in [-0.15, -0.1) is 0 Å². The molecule has 0 bridgehead atoms. The van der Waals surface area contributed by atoms with Gasteiger partial charge in [-0.2, -0.15) is 5.10 Å². The second-order valence-corrected chi connectivity index (χ2v) is 5.67. The van der Waals surface area contributed by atoms with Crippen LogP contribution in [0.3, 0.4) is 0 Å². The molecule has 0 aliphatic rings. The first-order chi connectivity index (χ1) is 10.5. The van der Waals surface area contributed by atoms with Gasteiger partial charge in [0.15, 0.2) is 6.17 Å².